The molecule has 1 aromatic heterocycles. The van der Waals surface area contributed by atoms with Crippen molar-refractivity contribution in [2.75, 3.05) is 0 Å². The van der Waals surface area contributed by atoms with Gasteiger partial charge in [-0.05, 0) is 24.6 Å². The van der Waals surface area contributed by atoms with Crippen molar-refractivity contribution < 1.29 is 4.39 Å². The highest BCUT2D eigenvalue weighted by molar-refractivity contribution is 7.13. The third-order valence-electron chi connectivity index (χ3n) is 1.91. The molecule has 72 valence electrons. The predicted octanol–water partition coefficient (Wildman–Crippen LogP) is 3.91. The van der Waals surface area contributed by atoms with Crippen LogP contribution in [0.5, 0.6) is 0 Å². The van der Waals surface area contributed by atoms with E-state index in [2.05, 4.69) is 4.98 Å². The summed E-state index contributed by atoms with van der Waals surface area (Å²) in [7, 11) is 0. The van der Waals surface area contributed by atoms with Gasteiger partial charge in [0.2, 0.25) is 0 Å². The molecule has 0 atom stereocenters. The Hall–Kier alpha value is -0.930. The number of thiazole rings is 1. The van der Waals surface area contributed by atoms with E-state index in [1.165, 1.54) is 17.4 Å². The van der Waals surface area contributed by atoms with Gasteiger partial charge in [-0.1, -0.05) is 11.6 Å². The number of hydrogen-bond donors (Lipinski definition) is 0. The molecule has 0 unspecified atom stereocenters. The topological polar surface area (TPSA) is 12.9 Å². The monoisotopic (exact) mass is 227 g/mol. The number of aryl methyl sites for hydroxylation is 1. The minimum Gasteiger partial charge on any atom is -0.244 e. The summed E-state index contributed by atoms with van der Waals surface area (Å²) < 4.78 is 13.3. The molecule has 0 bridgehead atoms. The number of nitrogens with zero attached hydrogens (tertiary/aromatic N) is 1. The summed E-state index contributed by atoms with van der Waals surface area (Å²) in [5.74, 6) is -0.250. The molecule has 0 radical (unpaired) electrons. The standard InChI is InChI=1S/C10H7ClFNS/c1-6-4-8(11)7(5-9(6)12)10-13-2-3-14-10/h2-5H,1H3. The van der Waals surface area contributed by atoms with Crippen molar-refractivity contribution in [3.8, 4) is 10.6 Å². The molecule has 0 saturated heterocycles. The molecular formula is C10H7ClFNS. The van der Waals surface area contributed by atoms with Crippen LogP contribution < -0.4 is 0 Å². The highest BCUT2D eigenvalue weighted by Gasteiger charge is 2.09. The third kappa shape index (κ3) is 1.65. The smallest absolute Gasteiger partial charge is 0.126 e. The molecule has 4 heteroatoms. The summed E-state index contributed by atoms with van der Waals surface area (Å²) in [6.07, 6.45) is 1.67. The summed E-state index contributed by atoms with van der Waals surface area (Å²) in [4.78, 5) is 4.09. The van der Waals surface area contributed by atoms with E-state index in [0.29, 0.717) is 16.1 Å². The zero-order valence-electron chi connectivity index (χ0n) is 7.42. The molecule has 0 N–H and O–H groups in total. The Balaban J connectivity index is 2.60. The van der Waals surface area contributed by atoms with Crippen molar-refractivity contribution in [1.82, 2.24) is 4.98 Å². The molecule has 0 aliphatic carbocycles. The van der Waals surface area contributed by atoms with Crippen LogP contribution in [-0.2, 0) is 0 Å². The first-order valence-electron chi connectivity index (χ1n) is 4.04. The van der Waals surface area contributed by atoms with Crippen molar-refractivity contribution in [2.45, 2.75) is 6.92 Å². The molecule has 1 nitrogen and oxygen atoms in total. The number of rotatable bonds is 1. The summed E-state index contributed by atoms with van der Waals surface area (Å²) >= 11 is 7.44. The van der Waals surface area contributed by atoms with E-state index in [-0.39, 0.29) is 5.82 Å². The first-order valence-corrected chi connectivity index (χ1v) is 5.30. The summed E-state index contributed by atoms with van der Waals surface area (Å²) in [6, 6.07) is 3.05. The lowest BCUT2D eigenvalue weighted by Crippen LogP contribution is -1.85. The maximum absolute atomic E-state index is 13.3. The Morgan fingerprint density at radius 3 is 2.86 bits per heavy atom. The second kappa shape index (κ2) is 3.67. The van der Waals surface area contributed by atoms with E-state index in [1.54, 1.807) is 19.2 Å². The molecule has 2 aromatic rings. The molecule has 0 fully saturated rings. The van der Waals surface area contributed by atoms with Crippen LogP contribution in [0.15, 0.2) is 23.7 Å². The molecule has 2 rings (SSSR count). The fraction of sp³-hybridized carbons (Fsp3) is 0.100. The van der Waals surface area contributed by atoms with Gasteiger partial charge in [-0.3, -0.25) is 0 Å². The van der Waals surface area contributed by atoms with Crippen molar-refractivity contribution in [3.63, 3.8) is 0 Å². The molecular weight excluding hydrogens is 221 g/mol. The quantitative estimate of drug-likeness (QED) is 0.720. The van der Waals surface area contributed by atoms with Crippen LogP contribution in [0.2, 0.25) is 5.02 Å². The average Bonchev–Trinajstić information content (AvgIpc) is 2.64. The van der Waals surface area contributed by atoms with Gasteiger partial charge >= 0.3 is 0 Å². The second-order valence-corrected chi connectivity index (χ2v) is 4.22. The van der Waals surface area contributed by atoms with Gasteiger partial charge in [-0.25, -0.2) is 9.37 Å². The van der Waals surface area contributed by atoms with Crippen LogP contribution >= 0.6 is 22.9 Å². The Kier molecular flexibility index (Phi) is 2.52. The lowest BCUT2D eigenvalue weighted by molar-refractivity contribution is 0.619. The Morgan fingerprint density at radius 1 is 1.43 bits per heavy atom. The number of aromatic nitrogens is 1. The lowest BCUT2D eigenvalue weighted by atomic mass is 10.1. The first kappa shape index (κ1) is 9.62. The number of hydrogen-bond acceptors (Lipinski definition) is 2. The Morgan fingerprint density at radius 2 is 2.21 bits per heavy atom. The number of benzene rings is 1. The van der Waals surface area contributed by atoms with Crippen molar-refractivity contribution in [2.24, 2.45) is 0 Å². The Bertz CT molecular complexity index is 453. The molecule has 0 amide bonds. The average molecular weight is 228 g/mol. The molecule has 1 heterocycles. The summed E-state index contributed by atoms with van der Waals surface area (Å²) in [5, 5.41) is 3.12. The van der Waals surface area contributed by atoms with Gasteiger partial charge in [0.05, 0.1) is 5.02 Å². The van der Waals surface area contributed by atoms with Gasteiger partial charge < -0.3 is 0 Å². The van der Waals surface area contributed by atoms with Gasteiger partial charge in [-0.15, -0.1) is 11.3 Å². The van der Waals surface area contributed by atoms with Crippen LogP contribution in [0.1, 0.15) is 5.56 Å². The largest absolute Gasteiger partial charge is 0.244 e. The van der Waals surface area contributed by atoms with Crippen LogP contribution in [-0.4, -0.2) is 4.98 Å². The van der Waals surface area contributed by atoms with E-state index in [0.717, 1.165) is 5.01 Å². The van der Waals surface area contributed by atoms with E-state index in [9.17, 15) is 4.39 Å². The van der Waals surface area contributed by atoms with Gasteiger partial charge in [0.15, 0.2) is 0 Å². The maximum atomic E-state index is 13.3. The van der Waals surface area contributed by atoms with Gasteiger partial charge in [0, 0.05) is 17.1 Å². The van der Waals surface area contributed by atoms with E-state index in [4.69, 9.17) is 11.6 Å². The molecule has 0 aliphatic rings. The van der Waals surface area contributed by atoms with Gasteiger partial charge in [-0.2, -0.15) is 0 Å². The van der Waals surface area contributed by atoms with Crippen LogP contribution in [0.25, 0.3) is 10.6 Å². The fourth-order valence-electron chi connectivity index (χ4n) is 1.17. The van der Waals surface area contributed by atoms with Crippen molar-refractivity contribution >= 4 is 22.9 Å². The molecule has 0 saturated carbocycles. The molecule has 0 spiro atoms. The summed E-state index contributed by atoms with van der Waals surface area (Å²) in [6.45, 7) is 1.69. The maximum Gasteiger partial charge on any atom is 0.126 e. The fourth-order valence-corrected chi connectivity index (χ4v) is 2.20. The zero-order chi connectivity index (χ0) is 10.1. The normalized spacial score (nSPS) is 10.5. The first-order chi connectivity index (χ1) is 6.68. The molecule has 1 aromatic carbocycles. The van der Waals surface area contributed by atoms with Crippen LogP contribution in [0, 0.1) is 12.7 Å². The van der Waals surface area contributed by atoms with Crippen LogP contribution in [0.4, 0.5) is 4.39 Å². The molecule has 0 aliphatic heterocycles. The Labute approximate surface area is 90.2 Å². The van der Waals surface area contributed by atoms with E-state index in [1.807, 2.05) is 5.38 Å². The highest BCUT2D eigenvalue weighted by atomic mass is 35.5. The second-order valence-electron chi connectivity index (χ2n) is 2.92. The number of halogens is 2. The van der Waals surface area contributed by atoms with Crippen LogP contribution in [0.3, 0.4) is 0 Å². The highest BCUT2D eigenvalue weighted by Crippen LogP contribution is 2.31. The van der Waals surface area contributed by atoms with Gasteiger partial charge in [0.1, 0.15) is 10.8 Å². The SMILES string of the molecule is Cc1cc(Cl)c(-c2nccs2)cc1F. The molecule has 14 heavy (non-hydrogen) atoms. The minimum absolute atomic E-state index is 0.250. The lowest BCUT2D eigenvalue weighted by Gasteiger charge is -2.02. The van der Waals surface area contributed by atoms with Crippen molar-refractivity contribution in [3.05, 3.63) is 40.1 Å². The minimum atomic E-state index is -0.250. The van der Waals surface area contributed by atoms with E-state index >= 15 is 0 Å². The predicted molar refractivity (Wildman–Crippen MR) is 57.3 cm³/mol. The van der Waals surface area contributed by atoms with E-state index < -0.39 is 0 Å². The summed E-state index contributed by atoms with van der Waals surface area (Å²) in [5.41, 5.74) is 1.21. The third-order valence-corrected chi connectivity index (χ3v) is 3.03. The van der Waals surface area contributed by atoms with Crippen molar-refractivity contribution in [1.29, 1.82) is 0 Å². The zero-order valence-corrected chi connectivity index (χ0v) is 8.99. The van der Waals surface area contributed by atoms with Gasteiger partial charge in [0.25, 0.3) is 0 Å².